The number of ether oxygens (including phenoxy) is 2. The number of aliphatic hydroxyl groups excluding tert-OH is 1. The number of benzene rings is 3. The third kappa shape index (κ3) is 3.69. The number of hydrogen-bond donors (Lipinski definition) is 2. The Balaban J connectivity index is 1.73. The summed E-state index contributed by atoms with van der Waals surface area (Å²) >= 11 is 0. The van der Waals surface area contributed by atoms with E-state index in [-0.39, 0.29) is 22.8 Å². The Kier molecular flexibility index (Phi) is 5.49. The van der Waals surface area contributed by atoms with Crippen molar-refractivity contribution >= 4 is 34.4 Å². The van der Waals surface area contributed by atoms with Crippen molar-refractivity contribution in [3.63, 3.8) is 0 Å². The molecule has 176 valence electrons. The molecule has 8 heteroatoms. The quantitative estimate of drug-likeness (QED) is 0.253. The second kappa shape index (κ2) is 8.64. The van der Waals surface area contributed by atoms with Crippen LogP contribution >= 0.6 is 0 Å². The number of nitrogens with one attached hydrogen (secondary N) is 1. The van der Waals surface area contributed by atoms with Gasteiger partial charge in [-0.1, -0.05) is 36.4 Å². The number of aromatic nitrogens is 2. The second-order valence-electron chi connectivity index (χ2n) is 8.23. The molecule has 4 aromatic rings. The largest absolute Gasteiger partial charge is 0.507 e. The fourth-order valence-electron chi connectivity index (χ4n) is 4.37. The maximum atomic E-state index is 13.4. The number of aryl methyl sites for hydroxylation is 1. The lowest BCUT2D eigenvalue weighted by molar-refractivity contribution is -0.132. The van der Waals surface area contributed by atoms with Crippen LogP contribution in [0.5, 0.6) is 11.5 Å². The van der Waals surface area contributed by atoms with Crippen LogP contribution in [0.4, 0.5) is 5.95 Å². The van der Waals surface area contributed by atoms with E-state index >= 15 is 0 Å². The van der Waals surface area contributed by atoms with Crippen molar-refractivity contribution in [1.82, 2.24) is 9.97 Å². The normalized spacial score (nSPS) is 17.2. The number of anilines is 1. The number of H-pyrrole nitrogens is 1. The van der Waals surface area contributed by atoms with Gasteiger partial charge in [0.25, 0.3) is 5.78 Å². The van der Waals surface area contributed by atoms with Gasteiger partial charge in [0.15, 0.2) is 0 Å². The van der Waals surface area contributed by atoms with Gasteiger partial charge >= 0.3 is 5.91 Å². The Bertz CT molecular complexity index is 1490. The first kappa shape index (κ1) is 22.2. The molecular formula is C27H23N3O5. The summed E-state index contributed by atoms with van der Waals surface area (Å²) in [6, 6.07) is 18.7. The number of imidazole rings is 1. The predicted molar refractivity (Wildman–Crippen MR) is 132 cm³/mol. The molecule has 8 nitrogen and oxygen atoms in total. The van der Waals surface area contributed by atoms with Crippen LogP contribution in [0.25, 0.3) is 16.8 Å². The number of fused-ring (bicyclic) bond motifs is 1. The van der Waals surface area contributed by atoms with Crippen LogP contribution < -0.4 is 14.4 Å². The summed E-state index contributed by atoms with van der Waals surface area (Å²) in [6.07, 6.45) is 0. The van der Waals surface area contributed by atoms with Crippen LogP contribution in [-0.4, -0.2) is 41.0 Å². The molecule has 0 aliphatic carbocycles. The fraction of sp³-hybridized carbons (Fsp3) is 0.148. The van der Waals surface area contributed by atoms with Gasteiger partial charge < -0.3 is 19.6 Å². The van der Waals surface area contributed by atoms with E-state index in [1.165, 1.54) is 19.1 Å². The topological polar surface area (TPSA) is 105 Å². The van der Waals surface area contributed by atoms with E-state index in [2.05, 4.69) is 9.97 Å². The minimum atomic E-state index is -0.898. The SMILES string of the molecule is COc1ccc(/C(O)=C2\C(=O)C(=O)N(c3nc4ccc(C)cc4[nH]3)C2c2ccccc2)c(OC)c1. The smallest absolute Gasteiger partial charge is 0.302 e. The van der Waals surface area contributed by atoms with Crippen molar-refractivity contribution in [2.75, 3.05) is 19.1 Å². The van der Waals surface area contributed by atoms with Gasteiger partial charge in [0.2, 0.25) is 5.95 Å². The first-order chi connectivity index (χ1) is 16.9. The average molecular weight is 469 g/mol. The molecule has 0 bridgehead atoms. The van der Waals surface area contributed by atoms with Crippen LogP contribution in [0, 0.1) is 6.92 Å². The zero-order valence-corrected chi connectivity index (χ0v) is 19.4. The molecule has 3 aromatic carbocycles. The molecule has 5 rings (SSSR count). The van der Waals surface area contributed by atoms with Crippen molar-refractivity contribution in [3.05, 3.63) is 89.0 Å². The number of carbonyl (C=O) groups is 2. The van der Waals surface area contributed by atoms with Crippen molar-refractivity contribution in [3.8, 4) is 11.5 Å². The van der Waals surface area contributed by atoms with Gasteiger partial charge in [0.1, 0.15) is 17.3 Å². The molecule has 2 heterocycles. The van der Waals surface area contributed by atoms with Gasteiger partial charge in [0.05, 0.1) is 42.4 Å². The maximum Gasteiger partial charge on any atom is 0.302 e. The van der Waals surface area contributed by atoms with Crippen LogP contribution in [-0.2, 0) is 9.59 Å². The van der Waals surface area contributed by atoms with E-state index in [1.807, 2.05) is 43.3 Å². The lowest BCUT2D eigenvalue weighted by Crippen LogP contribution is -2.30. The molecule has 1 aromatic heterocycles. The molecule has 1 saturated heterocycles. The summed E-state index contributed by atoms with van der Waals surface area (Å²) in [5.41, 5.74) is 3.30. The van der Waals surface area contributed by atoms with E-state index < -0.39 is 17.7 Å². The molecule has 1 fully saturated rings. The second-order valence-corrected chi connectivity index (χ2v) is 8.23. The molecule has 1 atom stereocenters. The molecular weight excluding hydrogens is 446 g/mol. The molecule has 1 aliphatic heterocycles. The Morgan fingerprint density at radius 1 is 1.00 bits per heavy atom. The number of aliphatic hydroxyl groups is 1. The highest BCUT2D eigenvalue weighted by atomic mass is 16.5. The Morgan fingerprint density at radius 2 is 1.77 bits per heavy atom. The van der Waals surface area contributed by atoms with Gasteiger partial charge in [0, 0.05) is 6.07 Å². The minimum absolute atomic E-state index is 0.0543. The predicted octanol–water partition coefficient (Wildman–Crippen LogP) is 4.51. The van der Waals surface area contributed by atoms with Crippen molar-refractivity contribution in [2.45, 2.75) is 13.0 Å². The summed E-state index contributed by atoms with van der Waals surface area (Å²) in [5, 5.41) is 11.4. The zero-order valence-electron chi connectivity index (χ0n) is 19.4. The van der Waals surface area contributed by atoms with E-state index in [9.17, 15) is 14.7 Å². The summed E-state index contributed by atoms with van der Waals surface area (Å²) in [6.45, 7) is 1.96. The number of Topliss-reactive ketones (excluding diaryl/α,β-unsaturated/α-hetero) is 1. The minimum Gasteiger partial charge on any atom is -0.507 e. The molecule has 0 saturated carbocycles. The zero-order chi connectivity index (χ0) is 24.7. The Hall–Kier alpha value is -4.59. The molecule has 35 heavy (non-hydrogen) atoms. The third-order valence-corrected chi connectivity index (χ3v) is 6.08. The average Bonchev–Trinajstić information content (AvgIpc) is 3.41. The van der Waals surface area contributed by atoms with E-state index in [0.29, 0.717) is 22.6 Å². The highest BCUT2D eigenvalue weighted by Crippen LogP contribution is 2.43. The van der Waals surface area contributed by atoms with Gasteiger partial charge in [-0.05, 0) is 42.3 Å². The maximum absolute atomic E-state index is 13.4. The molecule has 2 N–H and O–H groups in total. The number of nitrogens with zero attached hydrogens (tertiary/aromatic N) is 2. The Morgan fingerprint density at radius 3 is 2.49 bits per heavy atom. The van der Waals surface area contributed by atoms with Gasteiger partial charge in [-0.25, -0.2) is 4.98 Å². The van der Waals surface area contributed by atoms with E-state index in [1.54, 1.807) is 30.3 Å². The first-order valence-electron chi connectivity index (χ1n) is 11.0. The standard InChI is InChI=1S/C27H23N3O5/c1-15-9-12-19-20(13-15)29-27(28-19)30-23(16-7-5-4-6-8-16)22(25(32)26(30)33)24(31)18-11-10-17(34-2)14-21(18)35-3/h4-14,23,31H,1-3H3,(H,28,29)/b24-22+. The number of amides is 1. The van der Waals surface area contributed by atoms with E-state index in [4.69, 9.17) is 9.47 Å². The molecule has 1 amide bonds. The van der Waals surface area contributed by atoms with Crippen LogP contribution in [0.3, 0.4) is 0 Å². The monoisotopic (exact) mass is 469 g/mol. The summed E-state index contributed by atoms with van der Waals surface area (Å²) in [5.74, 6) is -0.891. The third-order valence-electron chi connectivity index (χ3n) is 6.08. The lowest BCUT2D eigenvalue weighted by Gasteiger charge is -2.23. The Labute approximate surface area is 201 Å². The van der Waals surface area contributed by atoms with Crippen molar-refractivity contribution in [1.29, 1.82) is 0 Å². The number of ketones is 1. The number of carbonyl (C=O) groups excluding carboxylic acids is 2. The molecule has 1 aliphatic rings. The molecule has 0 spiro atoms. The van der Waals surface area contributed by atoms with Gasteiger partial charge in [-0.3, -0.25) is 14.5 Å². The first-order valence-corrected chi connectivity index (χ1v) is 11.0. The van der Waals surface area contributed by atoms with E-state index in [0.717, 1.165) is 11.1 Å². The van der Waals surface area contributed by atoms with Crippen LogP contribution in [0.1, 0.15) is 22.7 Å². The molecule has 1 unspecified atom stereocenters. The number of rotatable bonds is 5. The van der Waals surface area contributed by atoms with Gasteiger partial charge in [-0.2, -0.15) is 0 Å². The summed E-state index contributed by atoms with van der Waals surface area (Å²) < 4.78 is 10.7. The highest BCUT2D eigenvalue weighted by molar-refractivity contribution is 6.51. The summed E-state index contributed by atoms with van der Waals surface area (Å²) in [7, 11) is 2.97. The number of methoxy groups -OCH3 is 2. The number of hydrogen-bond acceptors (Lipinski definition) is 6. The lowest BCUT2D eigenvalue weighted by atomic mass is 9.95. The van der Waals surface area contributed by atoms with Crippen molar-refractivity contribution in [2.24, 2.45) is 0 Å². The summed E-state index contributed by atoms with van der Waals surface area (Å²) in [4.78, 5) is 35.8. The van der Waals surface area contributed by atoms with Crippen molar-refractivity contribution < 1.29 is 24.2 Å². The van der Waals surface area contributed by atoms with Crippen LogP contribution in [0.2, 0.25) is 0 Å². The number of aromatic amines is 1. The van der Waals surface area contributed by atoms with Gasteiger partial charge in [-0.15, -0.1) is 0 Å². The highest BCUT2D eigenvalue weighted by Gasteiger charge is 2.48. The van der Waals surface area contributed by atoms with Crippen LogP contribution in [0.15, 0.2) is 72.3 Å². The molecule has 0 radical (unpaired) electrons. The fourth-order valence-corrected chi connectivity index (χ4v) is 4.37.